The van der Waals surface area contributed by atoms with Gasteiger partial charge in [-0.15, -0.1) is 11.3 Å². The Kier molecular flexibility index (Phi) is 6.53. The van der Waals surface area contributed by atoms with Gasteiger partial charge in [-0.05, 0) is 0 Å². The van der Waals surface area contributed by atoms with Gasteiger partial charge in [-0.2, -0.15) is 0 Å². The van der Waals surface area contributed by atoms with Gasteiger partial charge in [0.2, 0.25) is 5.96 Å². The van der Waals surface area contributed by atoms with Crippen molar-refractivity contribution in [3.05, 3.63) is 16.6 Å². The minimum atomic E-state index is 0.294. The van der Waals surface area contributed by atoms with Crippen LogP contribution in [-0.2, 0) is 4.74 Å². The average molecular weight is 257 g/mol. The highest BCUT2D eigenvalue weighted by Crippen LogP contribution is 2.17. The van der Waals surface area contributed by atoms with Crippen LogP contribution in [0.1, 0.15) is 17.8 Å². The van der Waals surface area contributed by atoms with Crippen LogP contribution in [0.15, 0.2) is 16.6 Å². The predicted molar refractivity (Wildman–Crippen MR) is 70.0 cm³/mol. The normalized spacial score (nSPS) is 13.5. The van der Waals surface area contributed by atoms with E-state index in [-0.39, 0.29) is 0 Å². The topological polar surface area (TPSA) is 84.6 Å². The van der Waals surface area contributed by atoms with Crippen molar-refractivity contribution in [2.45, 2.75) is 12.8 Å². The van der Waals surface area contributed by atoms with E-state index in [0.29, 0.717) is 31.6 Å². The van der Waals surface area contributed by atoms with Crippen LogP contribution in [-0.4, -0.2) is 37.7 Å². The van der Waals surface area contributed by atoms with E-state index in [1.54, 1.807) is 24.6 Å². The van der Waals surface area contributed by atoms with E-state index in [9.17, 15) is 0 Å². The summed E-state index contributed by atoms with van der Waals surface area (Å²) in [6.45, 7) is 4.02. The number of hydrazine groups is 1. The van der Waals surface area contributed by atoms with Gasteiger partial charge >= 0.3 is 0 Å². The number of nitrogens with two attached hydrogens (primary N) is 1. The zero-order valence-corrected chi connectivity index (χ0v) is 11.0. The molecule has 7 heteroatoms. The summed E-state index contributed by atoms with van der Waals surface area (Å²) in [5.74, 6) is 6.23. The summed E-state index contributed by atoms with van der Waals surface area (Å²) in [6.07, 6.45) is 1.80. The van der Waals surface area contributed by atoms with E-state index in [1.165, 1.54) is 0 Å². The number of thiazole rings is 1. The summed E-state index contributed by atoms with van der Waals surface area (Å²) in [6, 6.07) is 0. The number of guanidine groups is 1. The molecule has 0 spiro atoms. The van der Waals surface area contributed by atoms with Crippen LogP contribution < -0.4 is 16.6 Å². The Morgan fingerprint density at radius 3 is 3.12 bits per heavy atom. The second-order valence-corrected chi connectivity index (χ2v) is 4.45. The van der Waals surface area contributed by atoms with Crippen molar-refractivity contribution in [2.75, 3.05) is 26.8 Å². The summed E-state index contributed by atoms with van der Waals surface area (Å²) in [5, 5.41) is 6.09. The van der Waals surface area contributed by atoms with E-state index < -0.39 is 0 Å². The number of nitrogens with zero attached hydrogens (tertiary/aromatic N) is 2. The molecule has 1 heterocycles. The molecule has 0 bridgehead atoms. The fourth-order valence-electron chi connectivity index (χ4n) is 1.21. The van der Waals surface area contributed by atoms with Gasteiger partial charge in [0.05, 0.1) is 18.2 Å². The fourth-order valence-corrected chi connectivity index (χ4v) is 1.90. The highest BCUT2D eigenvalue weighted by Gasteiger charge is 2.07. The molecule has 0 fully saturated rings. The maximum absolute atomic E-state index is 5.36. The van der Waals surface area contributed by atoms with Crippen LogP contribution in [0.25, 0.3) is 0 Å². The summed E-state index contributed by atoms with van der Waals surface area (Å²) < 4.78 is 4.93. The maximum atomic E-state index is 5.36. The SMILES string of the molecule is COCCNC(=NCC(C)c1nccs1)NN. The van der Waals surface area contributed by atoms with Crippen molar-refractivity contribution in [1.82, 2.24) is 15.7 Å². The molecule has 0 saturated carbocycles. The maximum Gasteiger partial charge on any atom is 0.205 e. The molecule has 0 aromatic carbocycles. The second kappa shape index (κ2) is 7.99. The monoisotopic (exact) mass is 257 g/mol. The van der Waals surface area contributed by atoms with Crippen molar-refractivity contribution in [3.63, 3.8) is 0 Å². The lowest BCUT2D eigenvalue weighted by molar-refractivity contribution is 0.203. The zero-order chi connectivity index (χ0) is 12.5. The van der Waals surface area contributed by atoms with Crippen molar-refractivity contribution in [2.24, 2.45) is 10.8 Å². The largest absolute Gasteiger partial charge is 0.383 e. The van der Waals surface area contributed by atoms with Gasteiger partial charge in [0.15, 0.2) is 0 Å². The van der Waals surface area contributed by atoms with Gasteiger partial charge < -0.3 is 10.1 Å². The first kappa shape index (κ1) is 13.9. The van der Waals surface area contributed by atoms with Gasteiger partial charge in [0, 0.05) is 31.1 Å². The minimum Gasteiger partial charge on any atom is -0.383 e. The van der Waals surface area contributed by atoms with Crippen LogP contribution in [0.3, 0.4) is 0 Å². The highest BCUT2D eigenvalue weighted by atomic mass is 32.1. The van der Waals surface area contributed by atoms with Crippen LogP contribution in [0, 0.1) is 0 Å². The first-order valence-electron chi connectivity index (χ1n) is 5.41. The van der Waals surface area contributed by atoms with Gasteiger partial charge in [-0.1, -0.05) is 6.92 Å². The third-order valence-corrected chi connectivity index (χ3v) is 3.14. The van der Waals surface area contributed by atoms with Gasteiger partial charge in [0.1, 0.15) is 0 Å². The Bertz CT molecular complexity index is 327. The highest BCUT2D eigenvalue weighted by molar-refractivity contribution is 7.09. The van der Waals surface area contributed by atoms with Crippen molar-refractivity contribution in [1.29, 1.82) is 0 Å². The lowest BCUT2D eigenvalue weighted by atomic mass is 10.2. The molecule has 6 nitrogen and oxygen atoms in total. The minimum absolute atomic E-state index is 0.294. The summed E-state index contributed by atoms with van der Waals surface area (Å²) >= 11 is 1.64. The smallest absolute Gasteiger partial charge is 0.205 e. The number of aromatic nitrogens is 1. The number of ether oxygens (including phenoxy) is 1. The number of aliphatic imine (C=N–C) groups is 1. The van der Waals surface area contributed by atoms with Crippen LogP contribution >= 0.6 is 11.3 Å². The molecule has 1 rings (SSSR count). The van der Waals surface area contributed by atoms with E-state index in [0.717, 1.165) is 5.01 Å². The molecule has 1 atom stereocenters. The average Bonchev–Trinajstić information content (AvgIpc) is 2.87. The van der Waals surface area contributed by atoms with E-state index in [2.05, 4.69) is 27.6 Å². The molecule has 1 unspecified atom stereocenters. The number of rotatable bonds is 6. The summed E-state index contributed by atoms with van der Waals surface area (Å²) in [5.41, 5.74) is 2.53. The molecule has 0 aliphatic rings. The lowest BCUT2D eigenvalue weighted by Crippen LogP contribution is -2.43. The van der Waals surface area contributed by atoms with Crippen molar-refractivity contribution >= 4 is 17.3 Å². The first-order chi connectivity index (χ1) is 8.27. The predicted octanol–water partition coefficient (Wildman–Crippen LogP) is 0.302. The molecule has 1 aromatic rings. The standard InChI is InChI=1S/C10H19N5OS/c1-8(9-12-4-6-17-9)7-14-10(15-11)13-3-5-16-2/h4,6,8H,3,5,7,11H2,1-2H3,(H2,13,14,15). The quantitative estimate of drug-likeness (QED) is 0.224. The Morgan fingerprint density at radius 1 is 1.71 bits per heavy atom. The van der Waals surface area contributed by atoms with E-state index in [1.807, 2.05) is 5.38 Å². The Balaban J connectivity index is 2.38. The third-order valence-electron chi connectivity index (χ3n) is 2.13. The molecular formula is C10H19N5OS. The molecule has 0 radical (unpaired) electrons. The van der Waals surface area contributed by atoms with Crippen molar-refractivity contribution in [3.8, 4) is 0 Å². The van der Waals surface area contributed by atoms with Gasteiger partial charge in [0.25, 0.3) is 0 Å². The van der Waals surface area contributed by atoms with E-state index in [4.69, 9.17) is 10.6 Å². The van der Waals surface area contributed by atoms with Crippen LogP contribution in [0.5, 0.6) is 0 Å². The number of nitrogens with one attached hydrogen (secondary N) is 2. The number of methoxy groups -OCH3 is 1. The summed E-state index contributed by atoms with van der Waals surface area (Å²) in [4.78, 5) is 8.60. The zero-order valence-electron chi connectivity index (χ0n) is 10.1. The third kappa shape index (κ3) is 5.12. The molecule has 4 N–H and O–H groups in total. The van der Waals surface area contributed by atoms with Crippen molar-refractivity contribution < 1.29 is 4.74 Å². The fraction of sp³-hybridized carbons (Fsp3) is 0.600. The van der Waals surface area contributed by atoms with Gasteiger partial charge in [-0.25, -0.2) is 10.8 Å². The Hall–Kier alpha value is -1.18. The molecule has 0 saturated heterocycles. The molecular weight excluding hydrogens is 238 g/mol. The molecule has 96 valence electrons. The summed E-state index contributed by atoms with van der Waals surface area (Å²) in [7, 11) is 1.65. The number of hydrogen-bond donors (Lipinski definition) is 3. The first-order valence-corrected chi connectivity index (χ1v) is 6.29. The van der Waals surface area contributed by atoms with E-state index >= 15 is 0 Å². The Labute approximate surface area is 105 Å². The van der Waals surface area contributed by atoms with Gasteiger partial charge in [-0.3, -0.25) is 10.4 Å². The molecule has 17 heavy (non-hydrogen) atoms. The Morgan fingerprint density at radius 2 is 2.53 bits per heavy atom. The molecule has 0 aliphatic carbocycles. The second-order valence-electron chi connectivity index (χ2n) is 3.52. The molecule has 1 aromatic heterocycles. The van der Waals surface area contributed by atoms with Crippen LogP contribution in [0.2, 0.25) is 0 Å². The molecule has 0 amide bonds. The molecule has 0 aliphatic heterocycles. The lowest BCUT2D eigenvalue weighted by Gasteiger charge is -2.10. The van der Waals surface area contributed by atoms with Crippen LogP contribution in [0.4, 0.5) is 0 Å². The number of hydrogen-bond acceptors (Lipinski definition) is 5.